The van der Waals surface area contributed by atoms with E-state index in [0.29, 0.717) is 58.1 Å². The number of H-pyrrole nitrogens is 1. The van der Waals surface area contributed by atoms with E-state index in [0.717, 1.165) is 205 Å². The molecule has 12 aromatic rings. The van der Waals surface area contributed by atoms with Gasteiger partial charge in [-0.25, -0.2) is 79.0 Å². The molecule has 0 saturated carbocycles. The molecule has 0 radical (unpaired) electrons. The number of carbonyl (C=O) groups excluding carboxylic acids is 4. The van der Waals surface area contributed by atoms with Crippen molar-refractivity contribution in [3.63, 3.8) is 0 Å². The first kappa shape index (κ1) is 78.1. The first-order valence-corrected chi connectivity index (χ1v) is 41.7. The molecule has 6 fully saturated rings. The number of ether oxygens (including phenoxy) is 1. The average Bonchev–Trinajstić information content (AvgIpc) is 1.67. The van der Waals surface area contributed by atoms with E-state index >= 15 is 0 Å². The minimum Gasteiger partial charge on any atom is -0.378 e. The van der Waals surface area contributed by atoms with Crippen LogP contribution in [0.4, 0.5) is 106 Å². The lowest BCUT2D eigenvalue weighted by Gasteiger charge is -2.35. The molecule has 8 amide bonds. The van der Waals surface area contributed by atoms with E-state index in [1.54, 1.807) is 62.6 Å². The minimum atomic E-state index is -0.281. The number of aromatic nitrogens is 17. The zero-order valence-electron chi connectivity index (χ0n) is 67.9. The number of carbonyl (C=O) groups is 4. The fourth-order valence-electron chi connectivity index (χ4n) is 17.4. The van der Waals surface area contributed by atoms with Crippen molar-refractivity contribution in [1.82, 2.24) is 85.4 Å². The lowest BCUT2D eigenvalue weighted by Crippen LogP contribution is -2.48. The Morgan fingerprint density at radius 1 is 0.398 bits per heavy atom. The van der Waals surface area contributed by atoms with Crippen LogP contribution in [0.15, 0.2) is 189 Å². The quantitative estimate of drug-likeness (QED) is 0.0716. The molecule has 0 aliphatic carbocycles. The molecule has 37 heteroatoms. The van der Waals surface area contributed by atoms with Gasteiger partial charge in [-0.2, -0.15) is 5.21 Å². The van der Waals surface area contributed by atoms with Crippen molar-refractivity contribution in [2.75, 3.05) is 180 Å². The number of amides is 8. The molecule has 0 aromatic carbocycles. The molecule has 624 valence electrons. The van der Waals surface area contributed by atoms with Gasteiger partial charge < -0.3 is 39.0 Å². The van der Waals surface area contributed by atoms with Crippen molar-refractivity contribution in [3.05, 3.63) is 189 Å². The first-order chi connectivity index (χ1) is 60.5. The molecular weight excluding hydrogens is 1560 g/mol. The van der Waals surface area contributed by atoms with Crippen molar-refractivity contribution >= 4 is 111 Å². The third-order valence-corrected chi connectivity index (χ3v) is 23.6. The maximum Gasteiger partial charge on any atom is 0.329 e. The van der Waals surface area contributed by atoms with Crippen molar-refractivity contribution < 1.29 is 23.9 Å². The Bertz CT molecular complexity index is 5560. The summed E-state index contributed by atoms with van der Waals surface area (Å²) in [4.78, 5) is 134. The largest absolute Gasteiger partial charge is 0.378 e. The van der Waals surface area contributed by atoms with E-state index in [1.807, 2.05) is 116 Å². The Balaban J connectivity index is 0.000000108. The maximum absolute atomic E-state index is 13.3. The number of rotatable bonds is 13. The number of aromatic amines is 1. The van der Waals surface area contributed by atoms with Crippen LogP contribution in [0.1, 0.15) is 52.4 Å². The van der Waals surface area contributed by atoms with E-state index in [9.17, 15) is 19.2 Å². The van der Waals surface area contributed by atoms with E-state index in [2.05, 4.69) is 158 Å². The number of tetrazole rings is 1. The monoisotopic (exact) mass is 1650 g/mol. The third kappa shape index (κ3) is 16.4. The zero-order valence-corrected chi connectivity index (χ0v) is 67.9. The molecule has 22 rings (SSSR count). The van der Waals surface area contributed by atoms with Gasteiger partial charge in [0, 0.05) is 164 Å². The van der Waals surface area contributed by atoms with E-state index in [-0.39, 0.29) is 48.3 Å². The van der Waals surface area contributed by atoms with Gasteiger partial charge in [0.15, 0.2) is 29.1 Å². The van der Waals surface area contributed by atoms with Gasteiger partial charge in [0.1, 0.15) is 34.8 Å². The molecule has 10 aliphatic rings. The molecule has 8 bridgehead atoms. The average molecular weight is 1650 g/mol. The van der Waals surface area contributed by atoms with Crippen LogP contribution in [-0.4, -0.2) is 239 Å². The number of morpholine rings is 1. The highest BCUT2D eigenvalue weighted by atomic mass is 16.5. The minimum absolute atomic E-state index is 0.0483. The summed E-state index contributed by atoms with van der Waals surface area (Å²) in [6.07, 6.45) is 23.0. The number of nitrogens with zero attached hydrogens (tertiary/aromatic N) is 27. The second-order valence-electron chi connectivity index (χ2n) is 30.9. The second-order valence-corrected chi connectivity index (χ2v) is 30.9. The van der Waals surface area contributed by atoms with Crippen molar-refractivity contribution in [3.8, 4) is 45.3 Å². The van der Waals surface area contributed by atoms with E-state index in [4.69, 9.17) is 19.7 Å². The Morgan fingerprint density at radius 3 is 1.22 bits per heavy atom. The maximum atomic E-state index is 13.3. The van der Waals surface area contributed by atoms with Gasteiger partial charge in [0.2, 0.25) is 11.8 Å². The smallest absolute Gasteiger partial charge is 0.329 e. The number of pyridine rings is 9. The molecule has 5 N–H and O–H groups in total. The van der Waals surface area contributed by atoms with Crippen LogP contribution in [0.25, 0.3) is 45.3 Å². The van der Waals surface area contributed by atoms with Crippen molar-refractivity contribution in [2.24, 2.45) is 0 Å². The summed E-state index contributed by atoms with van der Waals surface area (Å²) in [5.41, 5.74) is 9.49. The summed E-state index contributed by atoms with van der Waals surface area (Å²) < 4.78 is 5.43. The van der Waals surface area contributed by atoms with Crippen LogP contribution in [0.5, 0.6) is 0 Å². The third-order valence-electron chi connectivity index (χ3n) is 23.6. The van der Waals surface area contributed by atoms with Crippen LogP contribution in [0, 0.1) is 0 Å². The molecule has 12 aromatic heterocycles. The zero-order chi connectivity index (χ0) is 83.3. The topological polar surface area (TPSA) is 383 Å². The highest BCUT2D eigenvalue weighted by Crippen LogP contribution is 2.45. The van der Waals surface area contributed by atoms with E-state index in [1.165, 1.54) is 25.2 Å². The van der Waals surface area contributed by atoms with Gasteiger partial charge in [-0.1, -0.05) is 18.2 Å². The van der Waals surface area contributed by atoms with Gasteiger partial charge >= 0.3 is 24.1 Å². The Labute approximate surface area is 708 Å². The summed E-state index contributed by atoms with van der Waals surface area (Å²) in [5, 5.41) is 25.5. The van der Waals surface area contributed by atoms with Gasteiger partial charge in [0.05, 0.1) is 83.4 Å². The van der Waals surface area contributed by atoms with Crippen LogP contribution in [0.3, 0.4) is 0 Å². The van der Waals surface area contributed by atoms with Crippen LogP contribution >= 0.6 is 0 Å². The molecule has 37 nitrogen and oxygen atoms in total. The van der Waals surface area contributed by atoms with Gasteiger partial charge in [-0.05, 0) is 167 Å². The summed E-state index contributed by atoms with van der Waals surface area (Å²) in [7, 11) is 0. The second kappa shape index (κ2) is 34.9. The highest BCUT2D eigenvalue weighted by Gasteiger charge is 2.45. The lowest BCUT2D eigenvalue weighted by atomic mass is 10.1. The molecule has 0 spiro atoms. The number of nitrogens with one attached hydrogen (secondary N) is 5. The SMILES string of the molecule is CCN(CC)c1ccc(-c2ccc3c(n2)N(C(=O)Nc2ccccn2)[C@H]2CCN3C2)cn1.O=C(Nc1ccccn1)N1c2nc(-c3ccc(N4CCOCC4)nc3)ccc2N2CC[C@H]1C2.O=C(Nc1ccccn1)N1c2nc(-c3cnc(N4CCCC4)nc3)ccc2N2CC[C@H]1C2.O=C(Nc1cnccn1)N1c2nc(-c3nn[nH]n3)ccc2N2CC[C@H]1C2. The standard InChI is InChI=1S/C24H25N7O2.C24H27N7O.C23H24N8O.C15H14N10O/c32-24(28-21-3-1-2-9-25-21)31-18-8-10-30(16-18)20-6-5-19(27-23(20)31)17-4-7-22(26-15-17)29-11-13-33-14-12-29;1-3-29(4-2)22-11-8-17(15-26-22)19-9-10-20-23(27-19)31(18-12-14-30(20)16-18)24(32)28-21-7-5-6-13-25-21;32-23(28-20-5-1-2-9-24-20)31-17-8-12-30(15-17)19-7-6-18(27-21(19)31)16-13-25-22(26-14-16)29-10-3-4-11-29;26-15(19-12-7-16-4-5-17-12)25-9-3-6-24(8-9)11-2-1-10(18-14(11)25)13-20-22-23-21-13/h1-7,9,15,18H,8,10-14,16H2,(H,25,28,32);5-11,13,15,18H,3-4,12,14,16H2,1-2H3,(H,25,28,32);1-2,5-7,9,13-14,17H,3-4,8,10-12,15H2,(H,24,28,32);1-2,4-5,7,9H,3,6,8H2,(H,17,19,26)(H,20,21,22,23)/t2*18-;17-;9-/m0000/s1. The van der Waals surface area contributed by atoms with Crippen LogP contribution in [-0.2, 0) is 4.74 Å². The molecule has 0 unspecified atom stereocenters. The molecule has 10 aliphatic heterocycles. The summed E-state index contributed by atoms with van der Waals surface area (Å²) in [6, 6.07) is 40.0. The molecule has 4 atom stereocenters. The number of hydrogen-bond donors (Lipinski definition) is 5. The van der Waals surface area contributed by atoms with Gasteiger partial charge in [-0.3, -0.25) is 45.9 Å². The number of hydrogen-bond acceptors (Lipinski definition) is 28. The van der Waals surface area contributed by atoms with E-state index < -0.39 is 0 Å². The normalized spacial score (nSPS) is 18.3. The molecule has 22 heterocycles. The Morgan fingerprint density at radius 2 is 0.821 bits per heavy atom. The first-order valence-electron chi connectivity index (χ1n) is 41.7. The summed E-state index contributed by atoms with van der Waals surface area (Å²) in [6.45, 7) is 18.1. The molecule has 6 saturated heterocycles. The fourth-order valence-corrected chi connectivity index (χ4v) is 17.4. The summed E-state index contributed by atoms with van der Waals surface area (Å²) >= 11 is 0. The summed E-state index contributed by atoms with van der Waals surface area (Å²) in [5.74, 6) is 7.68. The number of urea groups is 4. The lowest BCUT2D eigenvalue weighted by molar-refractivity contribution is 0.122. The molecular formula is C86H90N32O5. The van der Waals surface area contributed by atoms with Crippen molar-refractivity contribution in [2.45, 2.75) is 76.5 Å². The highest BCUT2D eigenvalue weighted by molar-refractivity contribution is 6.07. The Kier molecular flexibility index (Phi) is 22.1. The number of fused-ring (bicyclic) bond motifs is 16. The molecule has 123 heavy (non-hydrogen) atoms. The van der Waals surface area contributed by atoms with Crippen molar-refractivity contribution in [1.29, 1.82) is 0 Å². The van der Waals surface area contributed by atoms with Crippen LogP contribution < -0.4 is 75.2 Å². The number of anilines is 15. The fraction of sp³-hybridized carbons (Fsp3) is 0.326. The van der Waals surface area contributed by atoms with Gasteiger partial charge in [-0.15, -0.1) is 10.2 Å². The predicted octanol–water partition coefficient (Wildman–Crippen LogP) is 10.9. The Hall–Kier alpha value is -14.8. The predicted molar refractivity (Wildman–Crippen MR) is 469 cm³/mol. The van der Waals surface area contributed by atoms with Crippen LogP contribution in [0.2, 0.25) is 0 Å². The van der Waals surface area contributed by atoms with Gasteiger partial charge in [0.25, 0.3) is 0 Å².